The summed E-state index contributed by atoms with van der Waals surface area (Å²) in [6, 6.07) is 2.96. The zero-order chi connectivity index (χ0) is 12.3. The van der Waals surface area contributed by atoms with Crippen LogP contribution in [0.15, 0.2) is 12.1 Å². The highest BCUT2D eigenvalue weighted by atomic mass is 16.5. The lowest BCUT2D eigenvalue weighted by molar-refractivity contribution is 0.255. The van der Waals surface area contributed by atoms with E-state index in [9.17, 15) is 4.79 Å². The van der Waals surface area contributed by atoms with Crippen molar-refractivity contribution in [3.8, 4) is 11.5 Å². The molecule has 0 aliphatic rings. The Morgan fingerprint density at radius 3 is 2.38 bits per heavy atom. The van der Waals surface area contributed by atoms with Crippen LogP contribution < -0.4 is 20.1 Å². The number of ether oxygens (including phenoxy) is 2. The van der Waals surface area contributed by atoms with Gasteiger partial charge in [0.2, 0.25) is 0 Å². The summed E-state index contributed by atoms with van der Waals surface area (Å²) in [6.45, 7) is 1.86. The molecule has 0 radical (unpaired) electrons. The summed E-state index contributed by atoms with van der Waals surface area (Å²) in [6.07, 6.45) is 0. The predicted octanol–water partition coefficient (Wildman–Crippen LogP) is 1.53. The summed E-state index contributed by atoms with van der Waals surface area (Å²) in [5, 5.41) is 0. The van der Waals surface area contributed by atoms with Gasteiger partial charge in [-0.2, -0.15) is 0 Å². The zero-order valence-corrected chi connectivity index (χ0v) is 9.90. The van der Waals surface area contributed by atoms with Crippen LogP contribution in [0.1, 0.15) is 5.56 Å². The first kappa shape index (κ1) is 12.2. The summed E-state index contributed by atoms with van der Waals surface area (Å²) in [4.78, 5) is 12.4. The van der Waals surface area contributed by atoms with Gasteiger partial charge in [-0.25, -0.2) is 4.79 Å². The van der Waals surface area contributed by atoms with Crippen molar-refractivity contribution in [2.75, 3.05) is 26.2 Å². The average Bonchev–Trinajstić information content (AvgIpc) is 2.27. The number of hydrogen-bond donors (Lipinski definition) is 1. The number of nitrogens with two attached hydrogens (primary N) is 1. The van der Waals surface area contributed by atoms with E-state index in [0.717, 1.165) is 5.56 Å². The molecule has 0 saturated carbocycles. The van der Waals surface area contributed by atoms with Crippen molar-refractivity contribution in [1.82, 2.24) is 0 Å². The molecule has 0 aliphatic carbocycles. The number of carbonyl (C=O) groups excluding carboxylic acids is 1. The minimum absolute atomic E-state index is 0.539. The van der Waals surface area contributed by atoms with Gasteiger partial charge in [-0.15, -0.1) is 0 Å². The molecule has 0 saturated heterocycles. The molecule has 1 aromatic rings. The maximum Gasteiger partial charge on any atom is 0.319 e. The second-order valence-corrected chi connectivity index (χ2v) is 3.34. The number of urea groups is 1. The molecule has 0 bridgehead atoms. The number of methoxy groups -OCH3 is 2. The first-order valence-corrected chi connectivity index (χ1v) is 4.77. The van der Waals surface area contributed by atoms with Crippen LogP contribution in [0.25, 0.3) is 0 Å². The molecular formula is C11H16N2O3. The van der Waals surface area contributed by atoms with Gasteiger partial charge in [0.15, 0.2) is 0 Å². The monoisotopic (exact) mass is 224 g/mol. The molecule has 16 heavy (non-hydrogen) atoms. The van der Waals surface area contributed by atoms with Crippen molar-refractivity contribution in [1.29, 1.82) is 0 Å². The topological polar surface area (TPSA) is 64.8 Å². The number of nitrogens with zero attached hydrogens (tertiary/aromatic N) is 1. The molecule has 1 rings (SSSR count). The van der Waals surface area contributed by atoms with Gasteiger partial charge in [-0.3, -0.25) is 4.90 Å². The third-order valence-corrected chi connectivity index (χ3v) is 2.45. The lowest BCUT2D eigenvalue weighted by Gasteiger charge is -2.20. The number of benzene rings is 1. The molecule has 1 aromatic carbocycles. The van der Waals surface area contributed by atoms with E-state index in [1.54, 1.807) is 33.4 Å². The van der Waals surface area contributed by atoms with Crippen molar-refractivity contribution in [2.45, 2.75) is 6.92 Å². The maximum atomic E-state index is 11.1. The van der Waals surface area contributed by atoms with Crippen LogP contribution in [0.3, 0.4) is 0 Å². The van der Waals surface area contributed by atoms with Crippen molar-refractivity contribution in [3.05, 3.63) is 17.7 Å². The van der Waals surface area contributed by atoms with Crippen molar-refractivity contribution >= 4 is 11.7 Å². The van der Waals surface area contributed by atoms with E-state index in [0.29, 0.717) is 17.2 Å². The molecule has 0 heterocycles. The van der Waals surface area contributed by atoms with Gasteiger partial charge in [0, 0.05) is 12.6 Å². The summed E-state index contributed by atoms with van der Waals surface area (Å²) in [7, 11) is 4.71. The SMILES string of the molecule is COc1ccc(N(C)C(N)=O)c(OC)c1C. The zero-order valence-electron chi connectivity index (χ0n) is 9.90. The summed E-state index contributed by atoms with van der Waals surface area (Å²) < 4.78 is 10.4. The van der Waals surface area contributed by atoms with Crippen LogP contribution in [-0.2, 0) is 0 Å². The number of rotatable bonds is 3. The van der Waals surface area contributed by atoms with E-state index in [1.165, 1.54) is 4.90 Å². The molecular weight excluding hydrogens is 208 g/mol. The van der Waals surface area contributed by atoms with E-state index in [1.807, 2.05) is 6.92 Å². The second-order valence-electron chi connectivity index (χ2n) is 3.34. The minimum Gasteiger partial charge on any atom is -0.496 e. The van der Waals surface area contributed by atoms with Gasteiger partial charge in [0.05, 0.1) is 19.9 Å². The number of hydrogen-bond acceptors (Lipinski definition) is 3. The van der Waals surface area contributed by atoms with Crippen LogP contribution >= 0.6 is 0 Å². The highest BCUT2D eigenvalue weighted by molar-refractivity contribution is 5.92. The summed E-state index contributed by atoms with van der Waals surface area (Å²) in [5.41, 5.74) is 6.66. The molecule has 88 valence electrons. The lowest BCUT2D eigenvalue weighted by Crippen LogP contribution is -2.32. The average molecular weight is 224 g/mol. The van der Waals surface area contributed by atoms with Crippen molar-refractivity contribution < 1.29 is 14.3 Å². The molecule has 5 nitrogen and oxygen atoms in total. The molecule has 5 heteroatoms. The molecule has 2 amide bonds. The van der Waals surface area contributed by atoms with Crippen LogP contribution in [-0.4, -0.2) is 27.3 Å². The van der Waals surface area contributed by atoms with Gasteiger partial charge in [-0.1, -0.05) is 0 Å². The molecule has 0 unspecified atom stereocenters. The van der Waals surface area contributed by atoms with E-state index < -0.39 is 6.03 Å². The van der Waals surface area contributed by atoms with Gasteiger partial charge in [-0.05, 0) is 19.1 Å². The first-order chi connectivity index (χ1) is 7.52. The Balaban J connectivity index is 3.31. The van der Waals surface area contributed by atoms with Crippen molar-refractivity contribution in [3.63, 3.8) is 0 Å². The van der Waals surface area contributed by atoms with Gasteiger partial charge < -0.3 is 15.2 Å². The largest absolute Gasteiger partial charge is 0.496 e. The quantitative estimate of drug-likeness (QED) is 0.846. The second kappa shape index (κ2) is 4.74. The summed E-state index contributed by atoms with van der Waals surface area (Å²) >= 11 is 0. The van der Waals surface area contributed by atoms with E-state index in [-0.39, 0.29) is 0 Å². The minimum atomic E-state index is -0.539. The van der Waals surface area contributed by atoms with E-state index in [2.05, 4.69) is 0 Å². The molecule has 0 spiro atoms. The third-order valence-electron chi connectivity index (χ3n) is 2.45. The fraction of sp³-hybridized carbons (Fsp3) is 0.364. The number of carbonyl (C=O) groups is 1. The van der Waals surface area contributed by atoms with Crippen LogP contribution in [0, 0.1) is 6.92 Å². The lowest BCUT2D eigenvalue weighted by atomic mass is 10.1. The molecule has 0 fully saturated rings. The summed E-state index contributed by atoms with van der Waals surface area (Å²) in [5.74, 6) is 1.29. The Kier molecular flexibility index (Phi) is 3.60. The molecule has 0 aromatic heterocycles. The van der Waals surface area contributed by atoms with Gasteiger partial charge in [0.1, 0.15) is 11.5 Å². The number of primary amides is 1. The molecule has 0 aliphatic heterocycles. The number of amides is 2. The maximum absolute atomic E-state index is 11.1. The van der Waals surface area contributed by atoms with E-state index >= 15 is 0 Å². The first-order valence-electron chi connectivity index (χ1n) is 4.77. The predicted molar refractivity (Wildman–Crippen MR) is 62.3 cm³/mol. The highest BCUT2D eigenvalue weighted by Crippen LogP contribution is 2.36. The van der Waals surface area contributed by atoms with Gasteiger partial charge in [0.25, 0.3) is 0 Å². The molecule has 0 atom stereocenters. The number of anilines is 1. The Bertz CT molecular complexity index is 404. The standard InChI is InChI=1S/C11H16N2O3/c1-7-9(15-3)6-5-8(10(7)16-4)13(2)11(12)14/h5-6H,1-4H3,(H2,12,14). The fourth-order valence-electron chi connectivity index (χ4n) is 1.52. The highest BCUT2D eigenvalue weighted by Gasteiger charge is 2.16. The Morgan fingerprint density at radius 1 is 1.31 bits per heavy atom. The fourth-order valence-corrected chi connectivity index (χ4v) is 1.52. The Morgan fingerprint density at radius 2 is 1.94 bits per heavy atom. The Labute approximate surface area is 94.7 Å². The van der Waals surface area contributed by atoms with Gasteiger partial charge >= 0.3 is 6.03 Å². The molecule has 2 N–H and O–H groups in total. The van der Waals surface area contributed by atoms with Crippen LogP contribution in [0.2, 0.25) is 0 Å². The smallest absolute Gasteiger partial charge is 0.319 e. The normalized spacial score (nSPS) is 9.75. The van der Waals surface area contributed by atoms with Crippen molar-refractivity contribution in [2.24, 2.45) is 5.73 Å². The van der Waals surface area contributed by atoms with E-state index in [4.69, 9.17) is 15.2 Å². The Hall–Kier alpha value is -1.91. The van der Waals surface area contributed by atoms with Crippen LogP contribution in [0.4, 0.5) is 10.5 Å². The van der Waals surface area contributed by atoms with Crippen LogP contribution in [0.5, 0.6) is 11.5 Å². The third kappa shape index (κ3) is 2.03.